The zero-order valence-electron chi connectivity index (χ0n) is 19.7. The van der Waals surface area contributed by atoms with Gasteiger partial charge in [0.25, 0.3) is 0 Å². The Kier molecular flexibility index (Phi) is 6.50. The normalized spacial score (nSPS) is 15.6. The van der Waals surface area contributed by atoms with Gasteiger partial charge in [-0.3, -0.25) is 4.79 Å². The van der Waals surface area contributed by atoms with Gasteiger partial charge in [-0.25, -0.2) is 4.68 Å². The van der Waals surface area contributed by atoms with Gasteiger partial charge in [0.2, 0.25) is 11.8 Å². The predicted molar refractivity (Wildman–Crippen MR) is 132 cm³/mol. The maximum absolute atomic E-state index is 13.3. The second-order valence-corrected chi connectivity index (χ2v) is 9.74. The number of aryl methyl sites for hydroxylation is 1. The van der Waals surface area contributed by atoms with E-state index in [1.807, 2.05) is 60.4 Å². The summed E-state index contributed by atoms with van der Waals surface area (Å²) in [5.74, 6) is 2.85. The zero-order chi connectivity index (χ0) is 23.7. The molecular formula is C27H30ClN3O3. The first kappa shape index (κ1) is 22.8. The smallest absolute Gasteiger partial charge is 0.228 e. The first-order valence-corrected chi connectivity index (χ1v) is 12.4. The standard InChI is InChI=1S/C27H30ClN3O3/c1-18-23(17-30(16-19-10-11-19)26(32)20-6-5-7-20)27(34-25-9-4-3-8-24(25)33-2)31(29-18)22-14-12-21(28)13-15-22/h3-4,8-9,12-15,19-20H,5-7,10-11,16-17H2,1-2H3. The molecule has 0 unspecified atom stereocenters. The minimum atomic E-state index is 0.156. The molecule has 0 radical (unpaired) electrons. The van der Waals surface area contributed by atoms with Gasteiger partial charge in [0.05, 0.1) is 30.6 Å². The molecule has 0 N–H and O–H groups in total. The van der Waals surface area contributed by atoms with Crippen LogP contribution in [-0.4, -0.2) is 34.2 Å². The number of carbonyl (C=O) groups excluding carboxylic acids is 1. The monoisotopic (exact) mass is 479 g/mol. The molecule has 0 bridgehead atoms. The van der Waals surface area contributed by atoms with Crippen molar-refractivity contribution in [1.29, 1.82) is 0 Å². The van der Waals surface area contributed by atoms with E-state index in [0.717, 1.165) is 42.8 Å². The number of carbonyl (C=O) groups is 1. The summed E-state index contributed by atoms with van der Waals surface area (Å²) in [7, 11) is 1.62. The summed E-state index contributed by atoms with van der Waals surface area (Å²) >= 11 is 6.13. The Morgan fingerprint density at radius 1 is 1.09 bits per heavy atom. The largest absolute Gasteiger partial charge is 0.493 e. The van der Waals surface area contributed by atoms with Crippen molar-refractivity contribution in [3.8, 4) is 23.1 Å². The highest BCUT2D eigenvalue weighted by molar-refractivity contribution is 6.30. The summed E-state index contributed by atoms with van der Waals surface area (Å²) < 4.78 is 13.8. The lowest BCUT2D eigenvalue weighted by Gasteiger charge is -2.32. The lowest BCUT2D eigenvalue weighted by molar-refractivity contribution is -0.139. The minimum absolute atomic E-state index is 0.156. The number of hydrogen-bond donors (Lipinski definition) is 0. The van der Waals surface area contributed by atoms with E-state index in [4.69, 9.17) is 26.2 Å². The van der Waals surface area contributed by atoms with Crippen molar-refractivity contribution in [2.75, 3.05) is 13.7 Å². The summed E-state index contributed by atoms with van der Waals surface area (Å²) in [4.78, 5) is 15.3. The molecule has 0 saturated heterocycles. The van der Waals surface area contributed by atoms with E-state index in [0.29, 0.717) is 34.9 Å². The summed E-state index contributed by atoms with van der Waals surface area (Å²) in [6.07, 6.45) is 5.52. The van der Waals surface area contributed by atoms with Crippen molar-refractivity contribution in [3.63, 3.8) is 0 Å². The number of aromatic nitrogens is 2. The van der Waals surface area contributed by atoms with Crippen LogP contribution in [0.1, 0.15) is 43.4 Å². The number of benzene rings is 2. The van der Waals surface area contributed by atoms with E-state index in [2.05, 4.69) is 0 Å². The quantitative estimate of drug-likeness (QED) is 0.368. The Balaban J connectivity index is 1.54. The van der Waals surface area contributed by atoms with Crippen LogP contribution in [-0.2, 0) is 11.3 Å². The Morgan fingerprint density at radius 2 is 1.79 bits per heavy atom. The molecule has 178 valence electrons. The maximum Gasteiger partial charge on any atom is 0.228 e. The number of rotatable bonds is 9. The summed E-state index contributed by atoms with van der Waals surface area (Å²) in [5.41, 5.74) is 2.58. The van der Waals surface area contributed by atoms with Crippen LogP contribution in [0.4, 0.5) is 0 Å². The van der Waals surface area contributed by atoms with Crippen molar-refractivity contribution in [2.45, 2.75) is 45.6 Å². The van der Waals surface area contributed by atoms with E-state index >= 15 is 0 Å². The third-order valence-corrected chi connectivity index (χ3v) is 7.03. The van der Waals surface area contributed by atoms with Gasteiger partial charge in [-0.15, -0.1) is 0 Å². The number of para-hydroxylation sites is 2. The molecule has 34 heavy (non-hydrogen) atoms. The fourth-order valence-corrected chi connectivity index (χ4v) is 4.46. The molecule has 0 spiro atoms. The highest BCUT2D eigenvalue weighted by Crippen LogP contribution is 2.38. The molecule has 1 heterocycles. The molecule has 2 aliphatic carbocycles. The van der Waals surface area contributed by atoms with E-state index in [1.165, 1.54) is 12.8 Å². The predicted octanol–water partition coefficient (Wildman–Crippen LogP) is 6.17. The van der Waals surface area contributed by atoms with Crippen molar-refractivity contribution in [3.05, 3.63) is 64.8 Å². The van der Waals surface area contributed by atoms with Crippen molar-refractivity contribution >= 4 is 17.5 Å². The fraction of sp³-hybridized carbons (Fsp3) is 0.407. The number of nitrogens with zero attached hydrogens (tertiary/aromatic N) is 3. The highest BCUT2D eigenvalue weighted by Gasteiger charge is 2.34. The van der Waals surface area contributed by atoms with Gasteiger partial charge in [0, 0.05) is 17.5 Å². The molecule has 6 nitrogen and oxygen atoms in total. The highest BCUT2D eigenvalue weighted by atomic mass is 35.5. The lowest BCUT2D eigenvalue weighted by Crippen LogP contribution is -2.39. The van der Waals surface area contributed by atoms with Gasteiger partial charge >= 0.3 is 0 Å². The molecule has 0 aliphatic heterocycles. The van der Waals surface area contributed by atoms with Gasteiger partial charge in [0.1, 0.15) is 0 Å². The molecule has 7 heteroatoms. The zero-order valence-corrected chi connectivity index (χ0v) is 20.4. The van der Waals surface area contributed by atoms with E-state index in [9.17, 15) is 4.79 Å². The molecule has 0 atom stereocenters. The minimum Gasteiger partial charge on any atom is -0.493 e. The summed E-state index contributed by atoms with van der Waals surface area (Å²) in [6, 6.07) is 15.0. The third kappa shape index (κ3) is 4.78. The molecule has 5 rings (SSSR count). The van der Waals surface area contributed by atoms with Crippen molar-refractivity contribution in [2.24, 2.45) is 11.8 Å². The van der Waals surface area contributed by atoms with Crippen LogP contribution in [0.5, 0.6) is 17.4 Å². The Bertz CT molecular complexity index is 1170. The third-order valence-electron chi connectivity index (χ3n) is 6.77. The summed E-state index contributed by atoms with van der Waals surface area (Å²) in [5, 5.41) is 5.47. The van der Waals surface area contributed by atoms with E-state index in [1.54, 1.807) is 11.8 Å². The second kappa shape index (κ2) is 9.71. The van der Waals surface area contributed by atoms with Crippen LogP contribution >= 0.6 is 11.6 Å². The van der Waals surface area contributed by atoms with E-state index < -0.39 is 0 Å². The van der Waals surface area contributed by atoms with Crippen LogP contribution in [0, 0.1) is 18.8 Å². The summed E-state index contributed by atoms with van der Waals surface area (Å²) in [6.45, 7) is 3.25. The molecule has 3 aromatic rings. The van der Waals surface area contributed by atoms with Gasteiger partial charge < -0.3 is 14.4 Å². The van der Waals surface area contributed by atoms with Crippen LogP contribution < -0.4 is 9.47 Å². The number of amides is 1. The Labute approximate surface area is 205 Å². The van der Waals surface area contributed by atoms with Crippen LogP contribution in [0.3, 0.4) is 0 Å². The molecule has 1 amide bonds. The fourth-order valence-electron chi connectivity index (χ4n) is 4.34. The number of methoxy groups -OCH3 is 1. The Hall–Kier alpha value is -2.99. The van der Waals surface area contributed by atoms with E-state index in [-0.39, 0.29) is 11.8 Å². The molecule has 2 aliphatic rings. The first-order valence-electron chi connectivity index (χ1n) is 12.0. The maximum atomic E-state index is 13.3. The van der Waals surface area contributed by atoms with Gasteiger partial charge in [-0.1, -0.05) is 30.2 Å². The first-order chi connectivity index (χ1) is 16.5. The van der Waals surface area contributed by atoms with Gasteiger partial charge in [0.15, 0.2) is 11.5 Å². The van der Waals surface area contributed by atoms with Crippen molar-refractivity contribution in [1.82, 2.24) is 14.7 Å². The molecule has 2 aromatic carbocycles. The topological polar surface area (TPSA) is 56.6 Å². The molecule has 1 aromatic heterocycles. The molecule has 2 fully saturated rings. The number of halogens is 1. The average molecular weight is 480 g/mol. The second-order valence-electron chi connectivity index (χ2n) is 9.30. The Morgan fingerprint density at radius 3 is 2.41 bits per heavy atom. The van der Waals surface area contributed by atoms with Crippen LogP contribution in [0.15, 0.2) is 48.5 Å². The van der Waals surface area contributed by atoms with Crippen LogP contribution in [0.25, 0.3) is 5.69 Å². The molecular weight excluding hydrogens is 450 g/mol. The molecule has 2 saturated carbocycles. The van der Waals surface area contributed by atoms with Crippen molar-refractivity contribution < 1.29 is 14.3 Å². The number of ether oxygens (including phenoxy) is 2. The lowest BCUT2D eigenvalue weighted by atomic mass is 9.84. The van der Waals surface area contributed by atoms with Crippen LogP contribution in [0.2, 0.25) is 5.02 Å². The van der Waals surface area contributed by atoms with Gasteiger partial charge in [-0.2, -0.15) is 5.10 Å². The SMILES string of the molecule is COc1ccccc1Oc1c(CN(CC2CC2)C(=O)C2CCC2)c(C)nn1-c1ccc(Cl)cc1. The average Bonchev–Trinajstić information content (AvgIpc) is 3.57. The van der Waals surface area contributed by atoms with Gasteiger partial charge in [-0.05, 0) is 74.9 Å². The number of hydrogen-bond acceptors (Lipinski definition) is 4.